The molecule has 0 aliphatic heterocycles. The van der Waals surface area contributed by atoms with Crippen molar-refractivity contribution in [3.8, 4) is 0 Å². The first-order valence-electron chi connectivity index (χ1n) is 8.61. The molecule has 1 aromatic rings. The Morgan fingerprint density at radius 3 is 2.74 bits per heavy atom. The van der Waals surface area contributed by atoms with Crippen LogP contribution in [0.4, 0.5) is 10.5 Å². The van der Waals surface area contributed by atoms with Crippen molar-refractivity contribution in [2.75, 3.05) is 11.9 Å². The number of anilines is 1. The van der Waals surface area contributed by atoms with E-state index in [1.807, 2.05) is 26.8 Å². The van der Waals surface area contributed by atoms with Gasteiger partial charge in [-0.15, -0.1) is 0 Å². The maximum atomic E-state index is 11.9. The lowest BCUT2D eigenvalue weighted by atomic mass is 10.1. The van der Waals surface area contributed by atoms with E-state index in [1.165, 1.54) is 17.5 Å². The second-order valence-corrected chi connectivity index (χ2v) is 7.77. The van der Waals surface area contributed by atoms with Gasteiger partial charge in [0.1, 0.15) is 5.60 Å². The first-order chi connectivity index (χ1) is 10.7. The van der Waals surface area contributed by atoms with E-state index in [9.17, 15) is 4.79 Å². The molecule has 0 fully saturated rings. The number of fused-ring (bicyclic) bond motifs is 1. The van der Waals surface area contributed by atoms with Crippen molar-refractivity contribution in [3.63, 3.8) is 0 Å². The summed E-state index contributed by atoms with van der Waals surface area (Å²) < 4.78 is 5.30. The maximum absolute atomic E-state index is 11.9. The third-order valence-electron chi connectivity index (χ3n) is 3.98. The molecule has 1 amide bonds. The molecule has 1 unspecified atom stereocenters. The summed E-state index contributed by atoms with van der Waals surface area (Å²) in [6.45, 7) is 11.1. The van der Waals surface area contributed by atoms with Crippen molar-refractivity contribution >= 4 is 11.8 Å². The van der Waals surface area contributed by atoms with Gasteiger partial charge in [-0.3, -0.25) is 5.32 Å². The molecule has 4 heteroatoms. The zero-order valence-corrected chi connectivity index (χ0v) is 15.0. The molecule has 1 atom stereocenters. The van der Waals surface area contributed by atoms with Gasteiger partial charge < -0.3 is 10.1 Å². The van der Waals surface area contributed by atoms with Gasteiger partial charge in [-0.1, -0.05) is 19.9 Å². The molecule has 0 radical (unpaired) electrons. The molecule has 2 N–H and O–H groups in total. The average Bonchev–Trinajstić information content (AvgIpc) is 2.78. The Balaban J connectivity index is 1.94. The van der Waals surface area contributed by atoms with Crippen molar-refractivity contribution in [2.45, 2.75) is 65.5 Å². The number of amides is 1. The van der Waals surface area contributed by atoms with E-state index in [0.29, 0.717) is 6.04 Å². The van der Waals surface area contributed by atoms with Gasteiger partial charge in [0.05, 0.1) is 0 Å². The highest BCUT2D eigenvalue weighted by molar-refractivity contribution is 5.85. The first kappa shape index (κ1) is 17.8. The van der Waals surface area contributed by atoms with Gasteiger partial charge in [-0.05, 0) is 75.8 Å². The smallest absolute Gasteiger partial charge is 0.412 e. The third kappa shape index (κ3) is 5.54. The summed E-state index contributed by atoms with van der Waals surface area (Å²) in [4.78, 5) is 11.9. The van der Waals surface area contributed by atoms with Crippen LogP contribution in [0.2, 0.25) is 0 Å². The zero-order chi connectivity index (χ0) is 17.0. The Labute approximate surface area is 140 Å². The van der Waals surface area contributed by atoms with Crippen LogP contribution < -0.4 is 10.6 Å². The summed E-state index contributed by atoms with van der Waals surface area (Å²) in [6.07, 6.45) is 2.98. The molecule has 0 bridgehead atoms. The summed E-state index contributed by atoms with van der Waals surface area (Å²) in [5.41, 5.74) is 3.01. The Morgan fingerprint density at radius 1 is 1.35 bits per heavy atom. The molecule has 0 saturated heterocycles. The Morgan fingerprint density at radius 2 is 2.09 bits per heavy atom. The predicted octanol–water partition coefficient (Wildman–Crippen LogP) is 4.66. The quantitative estimate of drug-likeness (QED) is 0.830. The summed E-state index contributed by atoms with van der Waals surface area (Å²) in [6, 6.07) is 6.61. The number of hydrogen-bond acceptors (Lipinski definition) is 3. The van der Waals surface area contributed by atoms with Gasteiger partial charge in [0.15, 0.2) is 0 Å². The highest BCUT2D eigenvalue weighted by Gasteiger charge is 2.23. The van der Waals surface area contributed by atoms with Gasteiger partial charge in [0.25, 0.3) is 0 Å². The van der Waals surface area contributed by atoms with Crippen molar-refractivity contribution < 1.29 is 9.53 Å². The SMILES string of the molecule is CC(C)CCNC1CCc2cc(NC(=O)OC(C)(C)C)ccc21. The number of rotatable bonds is 5. The van der Waals surface area contributed by atoms with Gasteiger partial charge in [-0.2, -0.15) is 0 Å². The molecule has 0 spiro atoms. The minimum atomic E-state index is -0.480. The molecule has 128 valence electrons. The molecular weight excluding hydrogens is 288 g/mol. The van der Waals surface area contributed by atoms with Crippen LogP contribution in [-0.4, -0.2) is 18.2 Å². The second-order valence-electron chi connectivity index (χ2n) is 7.77. The third-order valence-corrected chi connectivity index (χ3v) is 3.98. The van der Waals surface area contributed by atoms with Crippen molar-refractivity contribution in [1.82, 2.24) is 5.32 Å². The maximum Gasteiger partial charge on any atom is 0.412 e. The van der Waals surface area contributed by atoms with Crippen LogP contribution in [0.5, 0.6) is 0 Å². The second kappa shape index (κ2) is 7.35. The normalized spacial score (nSPS) is 17.2. The van der Waals surface area contributed by atoms with E-state index in [1.54, 1.807) is 0 Å². The van der Waals surface area contributed by atoms with E-state index in [-0.39, 0.29) is 0 Å². The van der Waals surface area contributed by atoms with Crippen molar-refractivity contribution in [3.05, 3.63) is 29.3 Å². The molecule has 23 heavy (non-hydrogen) atoms. The molecule has 4 nitrogen and oxygen atoms in total. The van der Waals surface area contributed by atoms with E-state index in [4.69, 9.17) is 4.74 Å². The van der Waals surface area contributed by atoms with E-state index in [2.05, 4.69) is 36.6 Å². The predicted molar refractivity (Wildman–Crippen MR) is 94.8 cm³/mol. The molecular formula is C19H30N2O2. The van der Waals surface area contributed by atoms with Gasteiger partial charge >= 0.3 is 6.09 Å². The highest BCUT2D eigenvalue weighted by Crippen LogP contribution is 2.33. The summed E-state index contributed by atoms with van der Waals surface area (Å²) >= 11 is 0. The lowest BCUT2D eigenvalue weighted by Crippen LogP contribution is -2.27. The number of benzene rings is 1. The van der Waals surface area contributed by atoms with E-state index < -0.39 is 11.7 Å². The monoisotopic (exact) mass is 318 g/mol. The lowest BCUT2D eigenvalue weighted by molar-refractivity contribution is 0.0636. The number of nitrogens with one attached hydrogen (secondary N) is 2. The molecule has 2 rings (SSSR count). The van der Waals surface area contributed by atoms with Gasteiger partial charge in [0, 0.05) is 11.7 Å². The minimum absolute atomic E-state index is 0.401. The molecule has 1 aromatic carbocycles. The fourth-order valence-corrected chi connectivity index (χ4v) is 2.88. The van der Waals surface area contributed by atoms with Gasteiger partial charge in [-0.25, -0.2) is 4.79 Å². The fourth-order valence-electron chi connectivity index (χ4n) is 2.88. The Bertz CT molecular complexity index is 547. The molecule has 0 heterocycles. The van der Waals surface area contributed by atoms with Crippen LogP contribution in [0.1, 0.15) is 64.6 Å². The van der Waals surface area contributed by atoms with Crippen LogP contribution in [0.3, 0.4) is 0 Å². The lowest BCUT2D eigenvalue weighted by Gasteiger charge is -2.20. The number of carbonyl (C=O) groups is 1. The van der Waals surface area contributed by atoms with Crippen molar-refractivity contribution in [2.24, 2.45) is 5.92 Å². The number of carbonyl (C=O) groups excluding carboxylic acids is 1. The molecule has 1 aliphatic carbocycles. The number of hydrogen-bond donors (Lipinski definition) is 2. The number of aryl methyl sites for hydroxylation is 1. The van der Waals surface area contributed by atoms with E-state index >= 15 is 0 Å². The van der Waals surface area contributed by atoms with Crippen LogP contribution in [0, 0.1) is 5.92 Å². The Kier molecular flexibility index (Phi) is 5.69. The fraction of sp³-hybridized carbons (Fsp3) is 0.632. The Hall–Kier alpha value is -1.55. The van der Waals surface area contributed by atoms with Gasteiger partial charge in [0.2, 0.25) is 0 Å². The van der Waals surface area contributed by atoms with Crippen molar-refractivity contribution in [1.29, 1.82) is 0 Å². The largest absolute Gasteiger partial charge is 0.444 e. The summed E-state index contributed by atoms with van der Waals surface area (Å²) in [5, 5.41) is 6.47. The topological polar surface area (TPSA) is 50.4 Å². The average molecular weight is 318 g/mol. The number of ether oxygens (including phenoxy) is 1. The van der Waals surface area contributed by atoms with Crippen LogP contribution in [0.25, 0.3) is 0 Å². The molecule has 1 aliphatic rings. The molecule has 0 saturated carbocycles. The zero-order valence-electron chi connectivity index (χ0n) is 15.0. The summed E-state index contributed by atoms with van der Waals surface area (Å²) in [7, 11) is 0. The minimum Gasteiger partial charge on any atom is -0.444 e. The standard InChI is InChI=1S/C19H30N2O2/c1-13(2)10-11-20-17-9-6-14-12-15(7-8-16(14)17)21-18(22)23-19(3,4)5/h7-8,12-13,17,20H,6,9-11H2,1-5H3,(H,21,22). The highest BCUT2D eigenvalue weighted by atomic mass is 16.6. The summed E-state index contributed by atoms with van der Waals surface area (Å²) in [5.74, 6) is 0.726. The molecule has 0 aromatic heterocycles. The van der Waals surface area contributed by atoms with Crippen LogP contribution >= 0.6 is 0 Å². The van der Waals surface area contributed by atoms with Crippen LogP contribution in [-0.2, 0) is 11.2 Å². The van der Waals surface area contributed by atoms with E-state index in [0.717, 1.165) is 31.0 Å². The first-order valence-corrected chi connectivity index (χ1v) is 8.61. The van der Waals surface area contributed by atoms with Crippen LogP contribution in [0.15, 0.2) is 18.2 Å².